The summed E-state index contributed by atoms with van der Waals surface area (Å²) in [6.45, 7) is 1.69. The van der Waals surface area contributed by atoms with Gasteiger partial charge in [-0.2, -0.15) is 5.26 Å². The van der Waals surface area contributed by atoms with Crippen LogP contribution in [0.2, 0.25) is 5.02 Å². The van der Waals surface area contributed by atoms with Gasteiger partial charge in [-0.15, -0.1) is 11.6 Å². The van der Waals surface area contributed by atoms with Crippen LogP contribution in [0.15, 0.2) is 53.8 Å². The number of nitrogens with one attached hydrogen (secondary N) is 3. The molecule has 3 N–H and O–H groups in total. The van der Waals surface area contributed by atoms with Gasteiger partial charge in [0.1, 0.15) is 6.17 Å². The van der Waals surface area contributed by atoms with Crippen molar-refractivity contribution in [3.05, 3.63) is 59.4 Å². The summed E-state index contributed by atoms with van der Waals surface area (Å²) < 4.78 is 0. The van der Waals surface area contributed by atoms with Crippen molar-refractivity contribution in [3.63, 3.8) is 0 Å². The minimum absolute atomic E-state index is 0.134. The van der Waals surface area contributed by atoms with Crippen LogP contribution in [-0.4, -0.2) is 28.4 Å². The van der Waals surface area contributed by atoms with Crippen LogP contribution in [0.4, 0.5) is 5.69 Å². The van der Waals surface area contributed by atoms with Crippen LogP contribution in [0.25, 0.3) is 0 Å². The first-order valence-corrected chi connectivity index (χ1v) is 8.41. The normalized spacial score (nSPS) is 13.2. The number of hydrogen-bond donors (Lipinski definition) is 3. The van der Waals surface area contributed by atoms with Crippen molar-refractivity contribution < 1.29 is 4.79 Å². The predicted octanol–water partition coefficient (Wildman–Crippen LogP) is 2.96. The molecule has 2 atom stereocenters. The fourth-order valence-corrected chi connectivity index (χ4v) is 2.18. The summed E-state index contributed by atoms with van der Waals surface area (Å²) in [5.74, 6) is -0.227. The number of carbonyl (C=O) groups is 1. The van der Waals surface area contributed by atoms with Crippen molar-refractivity contribution in [2.45, 2.75) is 18.5 Å². The van der Waals surface area contributed by atoms with Gasteiger partial charge >= 0.3 is 0 Å². The molecule has 0 radical (unpaired) electrons. The summed E-state index contributed by atoms with van der Waals surface area (Å²) in [5.41, 5.74) is 1.04. The van der Waals surface area contributed by atoms with Crippen LogP contribution >= 0.6 is 23.2 Å². The highest BCUT2D eigenvalue weighted by molar-refractivity contribution is 6.30. The van der Waals surface area contributed by atoms with Gasteiger partial charge in [-0.1, -0.05) is 11.6 Å². The maximum Gasteiger partial charge on any atom is 0.252 e. The lowest BCUT2D eigenvalue weighted by atomic mass is 10.2. The molecule has 26 heavy (non-hydrogen) atoms. The van der Waals surface area contributed by atoms with Crippen LogP contribution < -0.4 is 16.0 Å². The summed E-state index contributed by atoms with van der Waals surface area (Å²) in [4.78, 5) is 20.6. The largest absolute Gasteiger partial charge is 0.329 e. The predicted molar refractivity (Wildman–Crippen MR) is 102 cm³/mol. The molecule has 134 valence electrons. The number of alkyl halides is 1. The standard InChI is InChI=1S/C17H16Cl2N6O/c1-11(18)15(24-16(26)12-4-6-13(19)7-5-12)25-17(22-10-20)23-14-3-2-8-21-9-14/h2-9,11,15H,1H3,(H,24,26)(H2,22,23,25)/t11?,15-/m0/s1. The van der Waals surface area contributed by atoms with Crippen LogP contribution in [0, 0.1) is 11.5 Å². The van der Waals surface area contributed by atoms with Gasteiger partial charge in [0, 0.05) is 16.8 Å². The second-order valence-corrected chi connectivity index (χ2v) is 6.31. The van der Waals surface area contributed by atoms with E-state index in [1.165, 1.54) is 0 Å². The average molecular weight is 391 g/mol. The molecular weight excluding hydrogens is 375 g/mol. The Morgan fingerprint density at radius 2 is 2.04 bits per heavy atom. The maximum atomic E-state index is 12.4. The zero-order chi connectivity index (χ0) is 18.9. The monoisotopic (exact) mass is 390 g/mol. The fourth-order valence-electron chi connectivity index (χ4n) is 1.93. The molecule has 1 heterocycles. The van der Waals surface area contributed by atoms with Crippen molar-refractivity contribution >= 4 is 40.8 Å². The molecule has 0 saturated heterocycles. The van der Waals surface area contributed by atoms with E-state index in [-0.39, 0.29) is 11.9 Å². The number of amides is 1. The van der Waals surface area contributed by atoms with Gasteiger partial charge in [0.2, 0.25) is 5.96 Å². The second-order valence-electron chi connectivity index (χ2n) is 5.18. The third-order valence-electron chi connectivity index (χ3n) is 3.19. The smallest absolute Gasteiger partial charge is 0.252 e. The van der Waals surface area contributed by atoms with Gasteiger partial charge in [-0.3, -0.25) is 15.1 Å². The van der Waals surface area contributed by atoms with E-state index in [9.17, 15) is 4.79 Å². The Hall–Kier alpha value is -2.82. The Bertz CT molecular complexity index is 802. The lowest BCUT2D eigenvalue weighted by molar-refractivity contribution is 0.0938. The molecule has 0 saturated carbocycles. The quantitative estimate of drug-likeness (QED) is 0.239. The highest BCUT2D eigenvalue weighted by Gasteiger charge is 2.19. The summed E-state index contributed by atoms with van der Waals surface area (Å²) in [6, 6.07) is 9.92. The van der Waals surface area contributed by atoms with Gasteiger partial charge in [-0.25, -0.2) is 4.99 Å². The number of nitriles is 1. The first kappa shape index (κ1) is 19.5. The summed E-state index contributed by atoms with van der Waals surface area (Å²) >= 11 is 12.0. The Morgan fingerprint density at radius 1 is 1.31 bits per heavy atom. The van der Waals surface area contributed by atoms with E-state index in [4.69, 9.17) is 28.5 Å². The molecule has 9 heteroatoms. The number of guanidine groups is 1. The van der Waals surface area contributed by atoms with Crippen molar-refractivity contribution in [2.24, 2.45) is 4.99 Å². The lowest BCUT2D eigenvalue weighted by Crippen LogP contribution is -2.41. The van der Waals surface area contributed by atoms with Crippen LogP contribution in [0.1, 0.15) is 17.3 Å². The third-order valence-corrected chi connectivity index (χ3v) is 3.68. The maximum absolute atomic E-state index is 12.4. The Labute approximate surface area is 161 Å². The number of aromatic nitrogens is 1. The highest BCUT2D eigenvalue weighted by Crippen LogP contribution is 2.11. The van der Waals surface area contributed by atoms with E-state index in [2.05, 4.69) is 25.9 Å². The minimum atomic E-state index is -0.778. The molecule has 0 spiro atoms. The molecule has 1 aromatic heterocycles. The van der Waals surface area contributed by atoms with Crippen molar-refractivity contribution in [2.75, 3.05) is 5.32 Å². The SMILES string of the molecule is CC(Cl)[C@H](N=C(NC#N)Nc1cccnc1)NC(=O)c1ccc(Cl)cc1. The van der Waals surface area contributed by atoms with Gasteiger partial charge < -0.3 is 10.6 Å². The molecule has 1 aromatic carbocycles. The van der Waals surface area contributed by atoms with Crippen molar-refractivity contribution in [1.29, 1.82) is 5.26 Å². The molecule has 0 bridgehead atoms. The number of pyridine rings is 1. The van der Waals surface area contributed by atoms with E-state index in [1.54, 1.807) is 61.9 Å². The van der Waals surface area contributed by atoms with E-state index >= 15 is 0 Å². The van der Waals surface area contributed by atoms with Crippen molar-refractivity contribution in [3.8, 4) is 6.19 Å². The third kappa shape index (κ3) is 5.92. The van der Waals surface area contributed by atoms with E-state index in [0.717, 1.165) is 0 Å². The molecule has 0 fully saturated rings. The number of benzene rings is 1. The Balaban J connectivity index is 2.17. The zero-order valence-electron chi connectivity index (χ0n) is 13.8. The van der Waals surface area contributed by atoms with Crippen LogP contribution in [0.3, 0.4) is 0 Å². The molecule has 0 aliphatic carbocycles. The van der Waals surface area contributed by atoms with Gasteiger partial charge in [0.05, 0.1) is 17.3 Å². The molecule has 0 aliphatic heterocycles. The van der Waals surface area contributed by atoms with Gasteiger partial charge in [0.25, 0.3) is 5.91 Å². The van der Waals surface area contributed by atoms with E-state index in [1.807, 2.05) is 0 Å². The number of anilines is 1. The summed E-state index contributed by atoms with van der Waals surface area (Å²) in [5, 5.41) is 17.0. The number of nitrogens with zero attached hydrogens (tertiary/aromatic N) is 3. The molecule has 1 unspecified atom stereocenters. The van der Waals surface area contributed by atoms with Gasteiger partial charge in [-0.05, 0) is 43.3 Å². The number of rotatable bonds is 5. The average Bonchev–Trinajstić information content (AvgIpc) is 2.62. The van der Waals surface area contributed by atoms with Crippen LogP contribution in [0.5, 0.6) is 0 Å². The lowest BCUT2D eigenvalue weighted by Gasteiger charge is -2.19. The van der Waals surface area contributed by atoms with E-state index < -0.39 is 11.5 Å². The Kier molecular flexibility index (Phi) is 7.21. The highest BCUT2D eigenvalue weighted by atomic mass is 35.5. The molecule has 1 amide bonds. The molecule has 2 aromatic rings. The molecule has 2 rings (SSSR count). The van der Waals surface area contributed by atoms with Crippen molar-refractivity contribution in [1.82, 2.24) is 15.6 Å². The van der Waals surface area contributed by atoms with Crippen LogP contribution in [-0.2, 0) is 0 Å². The number of aliphatic imine (C=N–C) groups is 1. The first-order valence-electron chi connectivity index (χ1n) is 7.60. The molecule has 0 aliphatic rings. The summed E-state index contributed by atoms with van der Waals surface area (Å²) in [7, 11) is 0. The molecular formula is C17H16Cl2N6O. The fraction of sp³-hybridized carbons (Fsp3) is 0.176. The summed E-state index contributed by atoms with van der Waals surface area (Å²) in [6.07, 6.45) is 4.20. The number of halogens is 2. The minimum Gasteiger partial charge on any atom is -0.329 e. The molecule has 7 nitrogen and oxygen atoms in total. The van der Waals surface area contributed by atoms with E-state index in [0.29, 0.717) is 16.3 Å². The second kappa shape index (κ2) is 9.61. The topological polar surface area (TPSA) is 102 Å². The number of carbonyl (C=O) groups excluding carboxylic acids is 1. The zero-order valence-corrected chi connectivity index (χ0v) is 15.3. The van der Waals surface area contributed by atoms with Gasteiger partial charge in [0.15, 0.2) is 6.19 Å². The number of hydrogen-bond acceptors (Lipinski definition) is 4. The Morgan fingerprint density at radius 3 is 2.62 bits per heavy atom. The first-order chi connectivity index (χ1) is 12.5.